The molecule has 0 saturated carbocycles. The molecule has 0 unspecified atom stereocenters. The largest absolute Gasteiger partial charge is 0.454 e. The lowest BCUT2D eigenvalue weighted by Crippen LogP contribution is -2.14. The first-order valence-corrected chi connectivity index (χ1v) is 7.49. The van der Waals surface area contributed by atoms with Crippen LogP contribution in [0.3, 0.4) is 0 Å². The Bertz CT molecular complexity index is 385. The van der Waals surface area contributed by atoms with Crippen LogP contribution in [0.2, 0.25) is 0 Å². The van der Waals surface area contributed by atoms with E-state index in [2.05, 4.69) is 24.4 Å². The summed E-state index contributed by atoms with van der Waals surface area (Å²) in [4.78, 5) is 0. The van der Waals surface area contributed by atoms with Crippen molar-refractivity contribution in [1.29, 1.82) is 0 Å². The number of ether oxygens (including phenoxy) is 2. The van der Waals surface area contributed by atoms with Crippen LogP contribution < -0.4 is 14.8 Å². The van der Waals surface area contributed by atoms with E-state index in [1.165, 1.54) is 44.1 Å². The van der Waals surface area contributed by atoms with Gasteiger partial charge in [-0.2, -0.15) is 0 Å². The zero-order valence-corrected chi connectivity index (χ0v) is 13.1. The predicted octanol–water partition coefficient (Wildman–Crippen LogP) is 4.29. The van der Waals surface area contributed by atoms with Crippen molar-refractivity contribution in [3.8, 4) is 11.5 Å². The van der Waals surface area contributed by atoms with Crippen molar-refractivity contribution < 1.29 is 9.47 Å². The Labute approximate surface area is 128 Å². The van der Waals surface area contributed by atoms with Gasteiger partial charge in [0, 0.05) is 6.54 Å². The zero-order chi connectivity index (χ0) is 13.3. The Balaban J connectivity index is 0.00000200. The number of halogens is 1. The third-order valence-electron chi connectivity index (χ3n) is 3.47. The van der Waals surface area contributed by atoms with E-state index < -0.39 is 0 Å². The van der Waals surface area contributed by atoms with Crippen molar-refractivity contribution >= 4 is 12.4 Å². The first kappa shape index (κ1) is 17.1. The summed E-state index contributed by atoms with van der Waals surface area (Å²) >= 11 is 0. The average Bonchev–Trinajstić information content (AvgIpc) is 2.89. The second kappa shape index (κ2) is 9.89. The van der Waals surface area contributed by atoms with Gasteiger partial charge < -0.3 is 14.8 Å². The van der Waals surface area contributed by atoms with E-state index >= 15 is 0 Å². The van der Waals surface area contributed by atoms with Gasteiger partial charge in [-0.1, -0.05) is 45.1 Å². The van der Waals surface area contributed by atoms with Crippen LogP contribution in [0.25, 0.3) is 0 Å². The monoisotopic (exact) mass is 299 g/mol. The SMILES string of the molecule is CCCCCCCCNCc1ccc2c(c1)OCO2.Cl. The second-order valence-electron chi connectivity index (χ2n) is 5.13. The maximum Gasteiger partial charge on any atom is 0.231 e. The average molecular weight is 300 g/mol. The highest BCUT2D eigenvalue weighted by atomic mass is 35.5. The van der Waals surface area contributed by atoms with Crippen molar-refractivity contribution in [2.75, 3.05) is 13.3 Å². The molecule has 0 fully saturated rings. The third-order valence-corrected chi connectivity index (χ3v) is 3.47. The van der Waals surface area contributed by atoms with Gasteiger partial charge in [-0.25, -0.2) is 0 Å². The van der Waals surface area contributed by atoms with Crippen molar-refractivity contribution in [3.63, 3.8) is 0 Å². The fourth-order valence-electron chi connectivity index (χ4n) is 2.31. The Hall–Kier alpha value is -0.930. The molecule has 0 saturated heterocycles. The van der Waals surface area contributed by atoms with Gasteiger partial charge >= 0.3 is 0 Å². The summed E-state index contributed by atoms with van der Waals surface area (Å²) in [7, 11) is 0. The van der Waals surface area contributed by atoms with Crippen LogP contribution in [0.1, 0.15) is 51.0 Å². The smallest absolute Gasteiger partial charge is 0.231 e. The molecule has 1 N–H and O–H groups in total. The number of fused-ring (bicyclic) bond motifs is 1. The van der Waals surface area contributed by atoms with E-state index in [9.17, 15) is 0 Å². The number of rotatable bonds is 9. The standard InChI is InChI=1S/C16H25NO2.ClH/c1-2-3-4-5-6-7-10-17-12-14-8-9-15-16(11-14)19-13-18-15;/h8-9,11,17H,2-7,10,12-13H2,1H3;1H. The molecular weight excluding hydrogens is 274 g/mol. The van der Waals surface area contributed by atoms with E-state index in [1.807, 2.05) is 6.07 Å². The summed E-state index contributed by atoms with van der Waals surface area (Å²) in [6.07, 6.45) is 8.08. The molecule has 3 nitrogen and oxygen atoms in total. The fraction of sp³-hybridized carbons (Fsp3) is 0.625. The summed E-state index contributed by atoms with van der Waals surface area (Å²) in [6, 6.07) is 6.16. The van der Waals surface area contributed by atoms with E-state index in [1.54, 1.807) is 0 Å². The first-order chi connectivity index (χ1) is 9.40. The Morgan fingerprint density at radius 3 is 2.60 bits per heavy atom. The molecule has 0 aromatic heterocycles. The van der Waals surface area contributed by atoms with Crippen LogP contribution >= 0.6 is 12.4 Å². The Morgan fingerprint density at radius 1 is 1.00 bits per heavy atom. The Kier molecular flexibility index (Phi) is 8.47. The number of nitrogens with one attached hydrogen (secondary N) is 1. The predicted molar refractivity (Wildman–Crippen MR) is 84.9 cm³/mol. The van der Waals surface area contributed by atoms with Crippen LogP contribution in [0, 0.1) is 0 Å². The van der Waals surface area contributed by atoms with Crippen LogP contribution in [0.15, 0.2) is 18.2 Å². The van der Waals surface area contributed by atoms with Crippen molar-refractivity contribution in [2.45, 2.75) is 52.0 Å². The topological polar surface area (TPSA) is 30.5 Å². The minimum absolute atomic E-state index is 0. The highest BCUT2D eigenvalue weighted by Crippen LogP contribution is 2.32. The summed E-state index contributed by atoms with van der Waals surface area (Å²) < 4.78 is 10.7. The molecule has 0 amide bonds. The lowest BCUT2D eigenvalue weighted by Gasteiger charge is -2.06. The summed E-state index contributed by atoms with van der Waals surface area (Å²) in [5.74, 6) is 1.73. The first-order valence-electron chi connectivity index (χ1n) is 7.49. The van der Waals surface area contributed by atoms with E-state index in [4.69, 9.17) is 9.47 Å². The fourth-order valence-corrected chi connectivity index (χ4v) is 2.31. The highest BCUT2D eigenvalue weighted by molar-refractivity contribution is 5.85. The van der Waals surface area contributed by atoms with Gasteiger partial charge in [0.1, 0.15) is 0 Å². The third kappa shape index (κ3) is 5.59. The molecule has 0 radical (unpaired) electrons. The molecule has 0 bridgehead atoms. The molecule has 1 aromatic carbocycles. The molecule has 4 heteroatoms. The molecule has 1 heterocycles. The minimum Gasteiger partial charge on any atom is -0.454 e. The summed E-state index contributed by atoms with van der Waals surface area (Å²) in [5.41, 5.74) is 1.26. The van der Waals surface area contributed by atoms with Crippen LogP contribution in [-0.4, -0.2) is 13.3 Å². The number of hydrogen-bond acceptors (Lipinski definition) is 3. The zero-order valence-electron chi connectivity index (χ0n) is 12.3. The quantitative estimate of drug-likeness (QED) is 0.690. The molecular formula is C16H26ClNO2. The number of benzene rings is 1. The normalized spacial score (nSPS) is 12.2. The van der Waals surface area contributed by atoms with Crippen molar-refractivity contribution in [2.24, 2.45) is 0 Å². The molecule has 0 atom stereocenters. The maximum absolute atomic E-state index is 5.37. The maximum atomic E-state index is 5.37. The summed E-state index contributed by atoms with van der Waals surface area (Å²) in [6.45, 7) is 4.61. The molecule has 0 aliphatic carbocycles. The Morgan fingerprint density at radius 2 is 1.75 bits per heavy atom. The van der Waals surface area contributed by atoms with Crippen LogP contribution in [0.5, 0.6) is 11.5 Å². The van der Waals surface area contributed by atoms with Crippen LogP contribution in [-0.2, 0) is 6.54 Å². The van der Waals surface area contributed by atoms with E-state index in [-0.39, 0.29) is 12.4 Å². The van der Waals surface area contributed by atoms with Gasteiger partial charge in [0.15, 0.2) is 11.5 Å². The van der Waals surface area contributed by atoms with Gasteiger partial charge in [0.25, 0.3) is 0 Å². The van der Waals surface area contributed by atoms with E-state index in [0.717, 1.165) is 24.6 Å². The van der Waals surface area contributed by atoms with Gasteiger partial charge in [0.05, 0.1) is 0 Å². The second-order valence-corrected chi connectivity index (χ2v) is 5.13. The van der Waals surface area contributed by atoms with Crippen molar-refractivity contribution in [3.05, 3.63) is 23.8 Å². The number of hydrogen-bond donors (Lipinski definition) is 1. The van der Waals surface area contributed by atoms with Gasteiger partial charge in [-0.15, -0.1) is 12.4 Å². The summed E-state index contributed by atoms with van der Waals surface area (Å²) in [5, 5.41) is 3.49. The number of unbranched alkanes of at least 4 members (excludes halogenated alkanes) is 5. The van der Waals surface area contributed by atoms with Gasteiger partial charge in [-0.3, -0.25) is 0 Å². The van der Waals surface area contributed by atoms with Crippen LogP contribution in [0.4, 0.5) is 0 Å². The molecule has 2 rings (SSSR count). The minimum atomic E-state index is 0. The van der Waals surface area contributed by atoms with E-state index in [0.29, 0.717) is 6.79 Å². The van der Waals surface area contributed by atoms with Gasteiger partial charge in [-0.05, 0) is 30.7 Å². The molecule has 1 aliphatic rings. The molecule has 0 spiro atoms. The molecule has 114 valence electrons. The lowest BCUT2D eigenvalue weighted by molar-refractivity contribution is 0.174. The van der Waals surface area contributed by atoms with Crippen molar-refractivity contribution in [1.82, 2.24) is 5.32 Å². The molecule has 20 heavy (non-hydrogen) atoms. The molecule has 1 aromatic rings. The molecule has 1 aliphatic heterocycles. The lowest BCUT2D eigenvalue weighted by atomic mass is 10.1. The highest BCUT2D eigenvalue weighted by Gasteiger charge is 2.12. The van der Waals surface area contributed by atoms with Gasteiger partial charge in [0.2, 0.25) is 6.79 Å².